The lowest BCUT2D eigenvalue weighted by Gasteiger charge is -2.38. The first kappa shape index (κ1) is 18.2. The van der Waals surface area contributed by atoms with Gasteiger partial charge in [-0.2, -0.15) is 0 Å². The Bertz CT molecular complexity index is 557. The predicted molar refractivity (Wildman–Crippen MR) is 91.9 cm³/mol. The number of carbonyl (C=O) groups is 1. The van der Waals surface area contributed by atoms with Crippen LogP contribution in [0.4, 0.5) is 4.79 Å². The molecule has 0 aromatic carbocycles. The number of rotatable bonds is 1. The maximum Gasteiger partial charge on any atom is 0.410 e. The first-order chi connectivity index (χ1) is 10.5. The van der Waals surface area contributed by atoms with Crippen LogP contribution in [0.15, 0.2) is 5.38 Å². The lowest BCUT2D eigenvalue weighted by Crippen LogP contribution is -2.49. The molecule has 0 N–H and O–H groups in total. The smallest absolute Gasteiger partial charge is 0.410 e. The molecular weight excluding hydrogens is 312 g/mol. The van der Waals surface area contributed by atoms with Crippen molar-refractivity contribution in [2.75, 3.05) is 13.2 Å². The minimum Gasteiger partial charge on any atom is -0.444 e. The van der Waals surface area contributed by atoms with Crippen LogP contribution in [0.1, 0.15) is 65.3 Å². The molecule has 1 saturated heterocycles. The Morgan fingerprint density at radius 3 is 2.52 bits per heavy atom. The Morgan fingerprint density at radius 1 is 1.35 bits per heavy atom. The van der Waals surface area contributed by atoms with E-state index >= 15 is 0 Å². The molecule has 1 amide bonds. The van der Waals surface area contributed by atoms with Gasteiger partial charge in [0.25, 0.3) is 0 Å². The summed E-state index contributed by atoms with van der Waals surface area (Å²) >= 11 is 1.60. The van der Waals surface area contributed by atoms with Crippen LogP contribution in [0.2, 0.25) is 0 Å². The molecule has 6 heteroatoms. The Labute approximate surface area is 143 Å². The van der Waals surface area contributed by atoms with Crippen LogP contribution in [0.5, 0.6) is 0 Å². The van der Waals surface area contributed by atoms with Crippen molar-refractivity contribution < 1.29 is 14.3 Å². The summed E-state index contributed by atoms with van der Waals surface area (Å²) in [6.45, 7) is 15.0. The van der Waals surface area contributed by atoms with Gasteiger partial charge >= 0.3 is 6.09 Å². The van der Waals surface area contributed by atoms with Crippen LogP contribution >= 0.6 is 11.3 Å². The number of morpholine rings is 1. The van der Waals surface area contributed by atoms with Crippen molar-refractivity contribution in [3.05, 3.63) is 16.1 Å². The van der Waals surface area contributed by atoms with Crippen molar-refractivity contribution in [2.24, 2.45) is 0 Å². The lowest BCUT2D eigenvalue weighted by atomic mass is 9.93. The second-order valence-corrected chi connectivity index (χ2v) is 9.01. The van der Waals surface area contributed by atoms with Crippen LogP contribution in [0.3, 0.4) is 0 Å². The van der Waals surface area contributed by atoms with Crippen LogP contribution in [-0.2, 0) is 14.9 Å². The van der Waals surface area contributed by atoms with E-state index in [1.807, 2.05) is 27.7 Å². The molecule has 1 aliphatic rings. The van der Waals surface area contributed by atoms with Crippen LogP contribution < -0.4 is 0 Å². The Kier molecular flexibility index (Phi) is 5.06. The first-order valence-corrected chi connectivity index (χ1v) is 8.92. The molecule has 1 aliphatic heterocycles. The molecule has 2 atom stereocenters. The van der Waals surface area contributed by atoms with E-state index in [0.29, 0.717) is 13.2 Å². The van der Waals surface area contributed by atoms with E-state index in [0.717, 1.165) is 10.7 Å². The molecule has 1 aromatic rings. The Balaban J connectivity index is 2.11. The molecule has 0 unspecified atom stereocenters. The van der Waals surface area contributed by atoms with Gasteiger partial charge in [0.2, 0.25) is 0 Å². The van der Waals surface area contributed by atoms with E-state index in [1.54, 1.807) is 16.2 Å². The summed E-state index contributed by atoms with van der Waals surface area (Å²) in [5.41, 5.74) is 0.579. The summed E-state index contributed by atoms with van der Waals surface area (Å²) in [7, 11) is 0. The molecule has 0 aliphatic carbocycles. The van der Waals surface area contributed by atoms with Gasteiger partial charge in [0, 0.05) is 10.8 Å². The average Bonchev–Trinajstić information content (AvgIpc) is 2.86. The largest absolute Gasteiger partial charge is 0.444 e. The number of thiazole rings is 1. The standard InChI is InChI=1S/C17H28N2O3S/c1-11-9-21-12(8-19(11)15(20)22-17(5,6)7)14-18-13(10-23-14)16(2,3)4/h10-12H,8-9H2,1-7H3/t11-,12-/m1/s1. The number of ether oxygens (including phenoxy) is 2. The molecule has 1 fully saturated rings. The fourth-order valence-corrected chi connectivity index (χ4v) is 3.35. The van der Waals surface area contributed by atoms with Gasteiger partial charge in [-0.15, -0.1) is 11.3 Å². The highest BCUT2D eigenvalue weighted by Gasteiger charge is 2.35. The summed E-state index contributed by atoms with van der Waals surface area (Å²) < 4.78 is 11.4. The van der Waals surface area contributed by atoms with E-state index in [4.69, 9.17) is 14.5 Å². The van der Waals surface area contributed by atoms with Gasteiger partial charge in [-0.3, -0.25) is 0 Å². The lowest BCUT2D eigenvalue weighted by molar-refractivity contribution is -0.0669. The minimum absolute atomic E-state index is 0.00292. The van der Waals surface area contributed by atoms with Crippen molar-refractivity contribution in [3.63, 3.8) is 0 Å². The highest BCUT2D eigenvalue weighted by atomic mass is 32.1. The molecule has 0 spiro atoms. The second kappa shape index (κ2) is 6.40. The van der Waals surface area contributed by atoms with Crippen molar-refractivity contribution >= 4 is 17.4 Å². The van der Waals surface area contributed by atoms with E-state index in [2.05, 4.69) is 26.2 Å². The highest BCUT2D eigenvalue weighted by Crippen LogP contribution is 2.31. The number of hydrogen-bond donors (Lipinski definition) is 0. The fourth-order valence-electron chi connectivity index (χ4n) is 2.26. The van der Waals surface area contributed by atoms with Gasteiger partial charge in [-0.1, -0.05) is 20.8 Å². The summed E-state index contributed by atoms with van der Waals surface area (Å²) in [6.07, 6.45) is -0.467. The van der Waals surface area contributed by atoms with Gasteiger partial charge in [0.1, 0.15) is 16.7 Å². The number of carbonyl (C=O) groups excluding carboxylic acids is 1. The van der Waals surface area contributed by atoms with E-state index in [-0.39, 0.29) is 23.7 Å². The molecule has 0 bridgehead atoms. The van der Waals surface area contributed by atoms with Crippen molar-refractivity contribution in [1.82, 2.24) is 9.88 Å². The van der Waals surface area contributed by atoms with E-state index in [9.17, 15) is 4.79 Å². The third-order valence-electron chi connectivity index (χ3n) is 3.63. The molecule has 23 heavy (non-hydrogen) atoms. The minimum atomic E-state index is -0.495. The third-order valence-corrected chi connectivity index (χ3v) is 4.56. The monoisotopic (exact) mass is 340 g/mol. The molecule has 5 nitrogen and oxygen atoms in total. The van der Waals surface area contributed by atoms with Gasteiger partial charge in [0.05, 0.1) is 24.9 Å². The zero-order chi connectivity index (χ0) is 17.4. The first-order valence-electron chi connectivity index (χ1n) is 8.04. The topological polar surface area (TPSA) is 51.7 Å². The van der Waals surface area contributed by atoms with Crippen LogP contribution in [0, 0.1) is 0 Å². The number of amides is 1. The third kappa shape index (κ3) is 4.67. The SMILES string of the molecule is C[C@@H]1CO[C@@H](c2nc(C(C)(C)C)cs2)CN1C(=O)OC(C)(C)C. The van der Waals surface area contributed by atoms with Gasteiger partial charge in [0.15, 0.2) is 0 Å². The average molecular weight is 340 g/mol. The summed E-state index contributed by atoms with van der Waals surface area (Å²) in [5, 5.41) is 3.00. The zero-order valence-corrected chi connectivity index (χ0v) is 16.0. The number of hydrogen-bond acceptors (Lipinski definition) is 5. The number of aromatic nitrogens is 1. The highest BCUT2D eigenvalue weighted by molar-refractivity contribution is 7.09. The fraction of sp³-hybridized carbons (Fsp3) is 0.765. The molecule has 1 aromatic heterocycles. The predicted octanol–water partition coefficient (Wildman–Crippen LogP) is 4.14. The maximum absolute atomic E-state index is 12.4. The van der Waals surface area contributed by atoms with Gasteiger partial charge < -0.3 is 14.4 Å². The van der Waals surface area contributed by atoms with E-state index in [1.165, 1.54) is 0 Å². The molecule has 0 saturated carbocycles. The Hall–Kier alpha value is -1.14. The summed E-state index contributed by atoms with van der Waals surface area (Å²) in [6, 6.07) is 0.00292. The molecule has 2 rings (SSSR count). The normalized spacial score (nSPS) is 23.0. The van der Waals surface area contributed by atoms with Crippen LogP contribution in [0.25, 0.3) is 0 Å². The van der Waals surface area contributed by atoms with E-state index < -0.39 is 5.60 Å². The summed E-state index contributed by atoms with van der Waals surface area (Å²) in [5.74, 6) is 0. The molecule has 2 heterocycles. The second-order valence-electron chi connectivity index (χ2n) is 8.12. The van der Waals surface area contributed by atoms with Gasteiger partial charge in [-0.25, -0.2) is 9.78 Å². The molecular formula is C17H28N2O3S. The van der Waals surface area contributed by atoms with Crippen molar-refractivity contribution in [3.8, 4) is 0 Å². The maximum atomic E-state index is 12.4. The summed E-state index contributed by atoms with van der Waals surface area (Å²) in [4.78, 5) is 18.9. The quantitative estimate of drug-likeness (QED) is 0.771. The van der Waals surface area contributed by atoms with Crippen molar-refractivity contribution in [2.45, 2.75) is 71.6 Å². The van der Waals surface area contributed by atoms with Gasteiger partial charge in [-0.05, 0) is 27.7 Å². The van der Waals surface area contributed by atoms with Crippen LogP contribution in [-0.4, -0.2) is 40.8 Å². The molecule has 0 radical (unpaired) electrons. The molecule has 130 valence electrons. The number of nitrogens with zero attached hydrogens (tertiary/aromatic N) is 2. The van der Waals surface area contributed by atoms with Crippen molar-refractivity contribution in [1.29, 1.82) is 0 Å². The Morgan fingerprint density at radius 2 is 2.00 bits per heavy atom. The zero-order valence-electron chi connectivity index (χ0n) is 15.2.